The van der Waals surface area contributed by atoms with Crippen molar-refractivity contribution in [2.75, 3.05) is 5.32 Å². The van der Waals surface area contributed by atoms with Crippen LogP contribution in [0.15, 0.2) is 77.9 Å². The molecule has 7 heteroatoms. The molecule has 0 unspecified atom stereocenters. The van der Waals surface area contributed by atoms with Gasteiger partial charge in [-0.1, -0.05) is 17.7 Å². The fraction of sp³-hybridized carbons (Fsp3) is 0.125. The average Bonchev–Trinajstić information content (AvgIpc) is 3.21. The van der Waals surface area contributed by atoms with Crippen LogP contribution in [0.3, 0.4) is 0 Å². The van der Waals surface area contributed by atoms with Gasteiger partial charge < -0.3 is 15.2 Å². The summed E-state index contributed by atoms with van der Waals surface area (Å²) in [4.78, 5) is 24.4. The van der Waals surface area contributed by atoms with Gasteiger partial charge in [0.2, 0.25) is 18.0 Å². The molecule has 3 aromatic rings. The van der Waals surface area contributed by atoms with E-state index in [-0.39, 0.29) is 17.6 Å². The van der Waals surface area contributed by atoms with Gasteiger partial charge >= 0.3 is 0 Å². The summed E-state index contributed by atoms with van der Waals surface area (Å²) >= 11 is 0. The first-order valence-corrected chi connectivity index (χ1v) is 9.73. The van der Waals surface area contributed by atoms with Crippen LogP contribution in [-0.2, 0) is 9.53 Å². The van der Waals surface area contributed by atoms with E-state index >= 15 is 0 Å². The van der Waals surface area contributed by atoms with Crippen molar-refractivity contribution in [3.05, 3.63) is 95.1 Å². The number of ether oxygens (including phenoxy) is 1. The number of carbonyl (C=O) groups excluding carboxylic acids is 2. The van der Waals surface area contributed by atoms with E-state index < -0.39 is 6.23 Å². The number of amides is 2. The molecule has 0 spiro atoms. The summed E-state index contributed by atoms with van der Waals surface area (Å²) in [6.45, 7) is 3.38. The summed E-state index contributed by atoms with van der Waals surface area (Å²) in [6.07, 6.45) is -0.714. The Bertz CT molecular complexity index is 1140. The molecule has 0 aromatic heterocycles. The molecule has 7 nitrogen and oxygen atoms in total. The van der Waals surface area contributed by atoms with Crippen LogP contribution < -0.4 is 5.32 Å². The fourth-order valence-corrected chi connectivity index (χ4v) is 3.14. The number of nitrogens with one attached hydrogen (secondary N) is 1. The minimum atomic E-state index is -0.714. The number of carbonyl (C=O) groups is 2. The number of hydrogen-bond acceptors (Lipinski definition) is 5. The first kappa shape index (κ1) is 20.2. The van der Waals surface area contributed by atoms with Gasteiger partial charge in [-0.3, -0.25) is 9.59 Å². The lowest BCUT2D eigenvalue weighted by Gasteiger charge is -2.19. The van der Waals surface area contributed by atoms with Crippen molar-refractivity contribution in [2.24, 2.45) is 5.10 Å². The first-order chi connectivity index (χ1) is 14.9. The van der Waals surface area contributed by atoms with Crippen LogP contribution in [0.2, 0.25) is 0 Å². The van der Waals surface area contributed by atoms with Crippen molar-refractivity contribution < 1.29 is 19.4 Å². The van der Waals surface area contributed by atoms with Crippen molar-refractivity contribution in [3.8, 4) is 5.75 Å². The third-order valence-electron chi connectivity index (χ3n) is 4.85. The molecule has 0 saturated heterocycles. The number of benzene rings is 3. The van der Waals surface area contributed by atoms with E-state index in [9.17, 15) is 14.7 Å². The second kappa shape index (κ2) is 8.31. The molecule has 31 heavy (non-hydrogen) atoms. The summed E-state index contributed by atoms with van der Waals surface area (Å²) in [6, 6.07) is 20.8. The van der Waals surface area contributed by atoms with E-state index in [1.807, 2.05) is 19.1 Å². The zero-order valence-electron chi connectivity index (χ0n) is 17.1. The monoisotopic (exact) mass is 415 g/mol. The summed E-state index contributed by atoms with van der Waals surface area (Å²) in [5.74, 6) is -0.0439. The maximum absolute atomic E-state index is 12.4. The minimum absolute atomic E-state index is 0.125. The molecule has 0 aliphatic carbocycles. The third kappa shape index (κ3) is 4.40. The number of phenolic OH excluding ortho intramolecular Hbond substituents is 1. The van der Waals surface area contributed by atoms with Gasteiger partial charge in [-0.2, -0.15) is 5.01 Å². The van der Waals surface area contributed by atoms with E-state index in [1.165, 1.54) is 24.1 Å². The molecule has 0 radical (unpaired) electrons. The van der Waals surface area contributed by atoms with Gasteiger partial charge in [0, 0.05) is 29.3 Å². The molecule has 1 aliphatic rings. The molecule has 0 saturated carbocycles. The second-order valence-corrected chi connectivity index (χ2v) is 7.23. The van der Waals surface area contributed by atoms with Crippen LogP contribution in [0.1, 0.15) is 40.2 Å². The number of aryl methyl sites for hydroxylation is 1. The number of hydrogen-bond donors (Lipinski definition) is 2. The molecule has 0 fully saturated rings. The lowest BCUT2D eigenvalue weighted by molar-refractivity contribution is -0.135. The number of nitrogens with zero attached hydrogens (tertiary/aromatic N) is 2. The molecule has 156 valence electrons. The first-order valence-electron chi connectivity index (χ1n) is 9.73. The predicted octanol–water partition coefficient (Wildman–Crippen LogP) is 4.19. The Labute approximate surface area is 179 Å². The summed E-state index contributed by atoms with van der Waals surface area (Å²) in [7, 11) is 0. The van der Waals surface area contributed by atoms with Crippen LogP contribution in [-0.4, -0.2) is 27.8 Å². The van der Waals surface area contributed by atoms with Gasteiger partial charge in [0.1, 0.15) is 5.75 Å². The Morgan fingerprint density at radius 1 is 0.968 bits per heavy atom. The molecule has 1 heterocycles. The molecule has 2 N–H and O–H groups in total. The number of phenols is 1. The number of anilines is 1. The molecule has 1 atom stereocenters. The molecule has 2 amide bonds. The molecule has 0 bridgehead atoms. The van der Waals surface area contributed by atoms with Crippen LogP contribution in [0, 0.1) is 6.92 Å². The number of hydrazone groups is 1. The Morgan fingerprint density at radius 2 is 1.61 bits per heavy atom. The van der Waals surface area contributed by atoms with Crippen LogP contribution in [0.25, 0.3) is 0 Å². The average molecular weight is 415 g/mol. The van der Waals surface area contributed by atoms with Gasteiger partial charge in [-0.15, -0.1) is 5.10 Å². The molecular formula is C24H21N3O4. The quantitative estimate of drug-likeness (QED) is 0.668. The van der Waals surface area contributed by atoms with Gasteiger partial charge in [0.25, 0.3) is 5.91 Å². The van der Waals surface area contributed by atoms with Crippen molar-refractivity contribution in [3.63, 3.8) is 0 Å². The Morgan fingerprint density at radius 3 is 2.23 bits per heavy atom. The third-order valence-corrected chi connectivity index (χ3v) is 4.85. The molecule has 4 rings (SSSR count). The van der Waals surface area contributed by atoms with Gasteiger partial charge in [-0.25, -0.2) is 0 Å². The molecular weight excluding hydrogens is 394 g/mol. The molecule has 1 aliphatic heterocycles. The lowest BCUT2D eigenvalue weighted by atomic mass is 10.1. The topological polar surface area (TPSA) is 91.2 Å². The summed E-state index contributed by atoms with van der Waals surface area (Å²) in [5.41, 5.74) is 3.65. The van der Waals surface area contributed by atoms with Crippen LogP contribution in [0.4, 0.5) is 5.69 Å². The smallest absolute Gasteiger partial charge is 0.255 e. The maximum atomic E-state index is 12.4. The Hall–Kier alpha value is -4.13. The number of rotatable bonds is 4. The zero-order chi connectivity index (χ0) is 22.0. The second-order valence-electron chi connectivity index (χ2n) is 7.23. The van der Waals surface area contributed by atoms with Crippen molar-refractivity contribution in [1.82, 2.24) is 5.01 Å². The van der Waals surface area contributed by atoms with E-state index in [4.69, 9.17) is 4.74 Å². The predicted molar refractivity (Wildman–Crippen MR) is 117 cm³/mol. The van der Waals surface area contributed by atoms with Crippen molar-refractivity contribution >= 4 is 23.4 Å². The highest BCUT2D eigenvalue weighted by atomic mass is 16.5. The van der Waals surface area contributed by atoms with Crippen molar-refractivity contribution in [2.45, 2.75) is 20.1 Å². The van der Waals surface area contributed by atoms with Crippen LogP contribution in [0.5, 0.6) is 5.75 Å². The summed E-state index contributed by atoms with van der Waals surface area (Å²) < 4.78 is 5.93. The highest BCUT2D eigenvalue weighted by molar-refractivity contribution is 6.04. The maximum Gasteiger partial charge on any atom is 0.255 e. The fourth-order valence-electron chi connectivity index (χ4n) is 3.14. The SMILES string of the molecule is CC(=O)N1N=C(c2ccc(NC(=O)c3ccc(C)cc3)cc2)O[C@H]1c1ccc(O)cc1. The van der Waals surface area contributed by atoms with E-state index in [0.717, 1.165) is 5.56 Å². The highest BCUT2D eigenvalue weighted by Gasteiger charge is 2.33. The van der Waals surface area contributed by atoms with Crippen LogP contribution >= 0.6 is 0 Å². The minimum Gasteiger partial charge on any atom is -0.508 e. The molecule has 3 aromatic carbocycles. The Kier molecular flexibility index (Phi) is 5.41. The van der Waals surface area contributed by atoms with Gasteiger partial charge in [0.15, 0.2) is 0 Å². The normalized spacial score (nSPS) is 15.2. The van der Waals surface area contributed by atoms with E-state index in [2.05, 4.69) is 10.4 Å². The lowest BCUT2D eigenvalue weighted by Crippen LogP contribution is -2.25. The van der Waals surface area contributed by atoms with Gasteiger partial charge in [0.05, 0.1) is 0 Å². The standard InChI is InChI=1S/C24H21N3O4/c1-15-3-5-17(6-4-15)22(30)25-20-11-7-18(8-12-20)23-26-27(16(2)28)24(31-23)19-9-13-21(29)14-10-19/h3-14,24,29H,1-2H3,(H,25,30)/t24-/m0/s1. The summed E-state index contributed by atoms with van der Waals surface area (Å²) in [5, 5.41) is 17.9. The highest BCUT2D eigenvalue weighted by Crippen LogP contribution is 2.31. The largest absolute Gasteiger partial charge is 0.508 e. The Balaban J connectivity index is 1.49. The van der Waals surface area contributed by atoms with E-state index in [1.54, 1.807) is 48.5 Å². The van der Waals surface area contributed by atoms with Crippen molar-refractivity contribution in [1.29, 1.82) is 0 Å². The zero-order valence-corrected chi connectivity index (χ0v) is 17.1. The van der Waals surface area contributed by atoms with Gasteiger partial charge in [-0.05, 0) is 67.6 Å². The number of aromatic hydroxyl groups is 1. The van der Waals surface area contributed by atoms with E-state index in [0.29, 0.717) is 28.3 Å².